The summed E-state index contributed by atoms with van der Waals surface area (Å²) in [7, 11) is 0. The molecule has 3 heteroatoms. The van der Waals surface area contributed by atoms with Gasteiger partial charge in [-0.05, 0) is 31.2 Å². The molecular weight excluding hydrogens is 260 g/mol. The smallest absolute Gasteiger partial charge is 0.148 e. The van der Waals surface area contributed by atoms with Crippen LogP contribution < -0.4 is 4.74 Å². The summed E-state index contributed by atoms with van der Waals surface area (Å²) in [5.74, 6) is 1.77. The van der Waals surface area contributed by atoms with Crippen LogP contribution in [0.3, 0.4) is 0 Å². The lowest BCUT2D eigenvalue weighted by molar-refractivity contribution is 0.291. The van der Waals surface area contributed by atoms with Crippen molar-refractivity contribution in [2.24, 2.45) is 0 Å². The Labute approximate surface area is 124 Å². The number of fused-ring (bicyclic) bond motifs is 1. The zero-order valence-electron chi connectivity index (χ0n) is 12.1. The van der Waals surface area contributed by atoms with E-state index in [1.807, 2.05) is 48.5 Å². The number of nitrogens with zero attached hydrogens (tertiary/aromatic N) is 2. The molecule has 21 heavy (non-hydrogen) atoms. The summed E-state index contributed by atoms with van der Waals surface area (Å²) in [5, 5.41) is 0. The molecule has 0 aliphatic heterocycles. The van der Waals surface area contributed by atoms with Gasteiger partial charge in [-0.1, -0.05) is 35.9 Å². The average Bonchev–Trinajstić information content (AvgIpc) is 2.85. The van der Waals surface area contributed by atoms with Crippen molar-refractivity contribution in [1.29, 1.82) is 0 Å². The van der Waals surface area contributed by atoms with Crippen molar-refractivity contribution >= 4 is 11.0 Å². The van der Waals surface area contributed by atoms with Crippen LogP contribution in [0.5, 0.6) is 5.75 Å². The Kier molecular flexibility index (Phi) is 3.73. The number of para-hydroxylation sites is 2. The van der Waals surface area contributed by atoms with Crippen LogP contribution in [0.2, 0.25) is 0 Å². The van der Waals surface area contributed by atoms with Gasteiger partial charge in [-0.25, -0.2) is 4.98 Å². The van der Waals surface area contributed by atoms with Crippen molar-refractivity contribution in [3.8, 4) is 5.75 Å². The topological polar surface area (TPSA) is 27.1 Å². The van der Waals surface area contributed by atoms with Crippen LogP contribution >= 0.6 is 0 Å². The van der Waals surface area contributed by atoms with Gasteiger partial charge in [-0.2, -0.15) is 0 Å². The highest BCUT2D eigenvalue weighted by Crippen LogP contribution is 2.18. The Morgan fingerprint density at radius 1 is 1.14 bits per heavy atom. The van der Waals surface area contributed by atoms with Gasteiger partial charge in [0.25, 0.3) is 0 Å². The van der Waals surface area contributed by atoms with Crippen molar-refractivity contribution in [3.63, 3.8) is 0 Å². The van der Waals surface area contributed by atoms with Gasteiger partial charge in [0, 0.05) is 6.54 Å². The summed E-state index contributed by atoms with van der Waals surface area (Å²) in [5.41, 5.74) is 3.32. The van der Waals surface area contributed by atoms with Crippen molar-refractivity contribution in [3.05, 3.63) is 72.6 Å². The zero-order chi connectivity index (χ0) is 14.7. The highest BCUT2D eigenvalue weighted by molar-refractivity contribution is 5.75. The molecule has 3 rings (SSSR count). The van der Waals surface area contributed by atoms with Gasteiger partial charge in [0.1, 0.15) is 18.2 Å². The molecule has 106 valence electrons. The Morgan fingerprint density at radius 2 is 1.90 bits per heavy atom. The van der Waals surface area contributed by atoms with E-state index in [1.165, 1.54) is 5.56 Å². The maximum atomic E-state index is 5.85. The van der Waals surface area contributed by atoms with Gasteiger partial charge >= 0.3 is 0 Å². The predicted molar refractivity (Wildman–Crippen MR) is 85.4 cm³/mol. The fourth-order valence-corrected chi connectivity index (χ4v) is 2.35. The molecule has 0 fully saturated rings. The van der Waals surface area contributed by atoms with Crippen LogP contribution in [0, 0.1) is 6.92 Å². The summed E-state index contributed by atoms with van der Waals surface area (Å²) in [4.78, 5) is 4.65. The minimum absolute atomic E-state index is 0.450. The second-order valence-electron chi connectivity index (χ2n) is 5.02. The number of rotatable bonds is 5. The number of aryl methyl sites for hydroxylation is 1. The van der Waals surface area contributed by atoms with Crippen LogP contribution in [0.25, 0.3) is 11.0 Å². The Bertz CT molecular complexity index is 756. The van der Waals surface area contributed by atoms with E-state index in [0.29, 0.717) is 6.61 Å². The maximum Gasteiger partial charge on any atom is 0.148 e. The monoisotopic (exact) mass is 278 g/mol. The molecule has 0 amide bonds. The molecule has 3 nitrogen and oxygen atoms in total. The van der Waals surface area contributed by atoms with Gasteiger partial charge in [0.2, 0.25) is 0 Å². The lowest BCUT2D eigenvalue weighted by Crippen LogP contribution is -2.06. The Hall–Kier alpha value is -2.55. The molecule has 1 aromatic heterocycles. The molecule has 0 aliphatic carbocycles. The van der Waals surface area contributed by atoms with E-state index in [-0.39, 0.29) is 0 Å². The molecule has 0 unspecified atom stereocenters. The molecule has 0 saturated carbocycles. The number of hydrogen-bond donors (Lipinski definition) is 0. The highest BCUT2D eigenvalue weighted by Gasteiger charge is 2.09. The quantitative estimate of drug-likeness (QED) is 0.657. The lowest BCUT2D eigenvalue weighted by atomic mass is 10.2. The third-order valence-corrected chi connectivity index (χ3v) is 3.43. The summed E-state index contributed by atoms with van der Waals surface area (Å²) >= 11 is 0. The van der Waals surface area contributed by atoms with E-state index >= 15 is 0 Å². The first kappa shape index (κ1) is 13.4. The second kappa shape index (κ2) is 5.83. The van der Waals surface area contributed by atoms with Crippen molar-refractivity contribution in [2.75, 3.05) is 0 Å². The summed E-state index contributed by atoms with van der Waals surface area (Å²) in [6.45, 7) is 7.06. The Balaban J connectivity index is 1.87. The van der Waals surface area contributed by atoms with Crippen LogP contribution in [0.1, 0.15) is 11.4 Å². The van der Waals surface area contributed by atoms with Gasteiger partial charge in [-0.3, -0.25) is 0 Å². The third kappa shape index (κ3) is 2.82. The standard InChI is InChI=1S/C18H18N2O/c1-3-12-20-17-7-5-4-6-16(17)19-18(20)13-21-15-10-8-14(2)9-11-15/h3-11H,1,12-13H2,2H3. The summed E-state index contributed by atoms with van der Waals surface area (Å²) < 4.78 is 7.98. The second-order valence-corrected chi connectivity index (χ2v) is 5.02. The summed E-state index contributed by atoms with van der Waals surface area (Å²) in [6.07, 6.45) is 1.88. The fraction of sp³-hybridized carbons (Fsp3) is 0.167. The van der Waals surface area contributed by atoms with Gasteiger partial charge < -0.3 is 9.30 Å². The van der Waals surface area contributed by atoms with E-state index in [2.05, 4.69) is 29.1 Å². The molecule has 1 heterocycles. The van der Waals surface area contributed by atoms with Gasteiger partial charge in [0.05, 0.1) is 11.0 Å². The predicted octanol–water partition coefficient (Wildman–Crippen LogP) is 4.11. The summed E-state index contributed by atoms with van der Waals surface area (Å²) in [6, 6.07) is 16.2. The average molecular weight is 278 g/mol. The number of ether oxygens (including phenoxy) is 1. The first-order valence-electron chi connectivity index (χ1n) is 7.02. The van der Waals surface area contributed by atoms with Crippen LogP contribution in [0.4, 0.5) is 0 Å². The molecule has 0 N–H and O–H groups in total. The largest absolute Gasteiger partial charge is 0.486 e. The normalized spacial score (nSPS) is 10.7. The zero-order valence-corrected chi connectivity index (χ0v) is 12.1. The van der Waals surface area contributed by atoms with Crippen LogP contribution in [0.15, 0.2) is 61.2 Å². The first-order valence-corrected chi connectivity index (χ1v) is 7.02. The molecule has 0 spiro atoms. The number of hydrogen-bond acceptors (Lipinski definition) is 2. The van der Waals surface area contributed by atoms with E-state index in [9.17, 15) is 0 Å². The highest BCUT2D eigenvalue weighted by atomic mass is 16.5. The molecule has 0 radical (unpaired) electrons. The number of imidazole rings is 1. The third-order valence-electron chi connectivity index (χ3n) is 3.43. The number of allylic oxidation sites excluding steroid dienone is 1. The van der Waals surface area contributed by atoms with Crippen molar-refractivity contribution in [1.82, 2.24) is 9.55 Å². The minimum Gasteiger partial charge on any atom is -0.486 e. The van der Waals surface area contributed by atoms with Gasteiger partial charge in [-0.15, -0.1) is 6.58 Å². The molecule has 2 aromatic carbocycles. The first-order chi connectivity index (χ1) is 10.3. The van der Waals surface area contributed by atoms with E-state index in [0.717, 1.165) is 29.2 Å². The lowest BCUT2D eigenvalue weighted by Gasteiger charge is -2.08. The fourth-order valence-electron chi connectivity index (χ4n) is 2.35. The number of benzene rings is 2. The van der Waals surface area contributed by atoms with Crippen molar-refractivity contribution < 1.29 is 4.74 Å². The molecule has 0 atom stereocenters. The van der Waals surface area contributed by atoms with Gasteiger partial charge in [0.15, 0.2) is 0 Å². The van der Waals surface area contributed by atoms with Crippen LogP contribution in [-0.4, -0.2) is 9.55 Å². The maximum absolute atomic E-state index is 5.85. The molecule has 0 aliphatic rings. The minimum atomic E-state index is 0.450. The molecular formula is C18H18N2O. The van der Waals surface area contributed by atoms with E-state index in [4.69, 9.17) is 4.74 Å². The number of aromatic nitrogens is 2. The van der Waals surface area contributed by atoms with Crippen LogP contribution in [-0.2, 0) is 13.2 Å². The SMILES string of the molecule is C=CCn1c(COc2ccc(C)cc2)nc2ccccc21. The van der Waals surface area contributed by atoms with E-state index in [1.54, 1.807) is 0 Å². The molecule has 3 aromatic rings. The van der Waals surface area contributed by atoms with E-state index < -0.39 is 0 Å². The Morgan fingerprint density at radius 3 is 2.67 bits per heavy atom. The molecule has 0 saturated heterocycles. The van der Waals surface area contributed by atoms with Crippen molar-refractivity contribution in [2.45, 2.75) is 20.1 Å². The molecule has 0 bridgehead atoms.